The van der Waals surface area contributed by atoms with E-state index >= 15 is 0 Å². The number of hydrogen-bond acceptors (Lipinski definition) is 2. The third-order valence-corrected chi connectivity index (χ3v) is 2.88. The molecule has 1 fully saturated rings. The topological polar surface area (TPSA) is 40.5 Å². The first-order chi connectivity index (χ1) is 6.72. The van der Waals surface area contributed by atoms with E-state index in [9.17, 15) is 4.79 Å². The van der Waals surface area contributed by atoms with Gasteiger partial charge in [0.25, 0.3) is 0 Å². The Kier molecular flexibility index (Phi) is 4.66. The summed E-state index contributed by atoms with van der Waals surface area (Å²) >= 11 is 0. The zero-order valence-electron chi connectivity index (χ0n) is 8.78. The molecule has 14 heavy (non-hydrogen) atoms. The van der Waals surface area contributed by atoms with E-state index in [0.29, 0.717) is 5.92 Å². The fourth-order valence-electron chi connectivity index (χ4n) is 1.90. The van der Waals surface area contributed by atoms with E-state index in [1.165, 1.54) is 32.0 Å². The Morgan fingerprint density at radius 1 is 1.50 bits per heavy atom. The summed E-state index contributed by atoms with van der Waals surface area (Å²) in [4.78, 5) is 12.7. The van der Waals surface area contributed by atoms with Gasteiger partial charge in [0.05, 0.1) is 0 Å². The van der Waals surface area contributed by atoms with Crippen LogP contribution in [0.1, 0.15) is 26.2 Å². The van der Waals surface area contributed by atoms with Crippen LogP contribution >= 0.6 is 0 Å². The minimum atomic E-state index is -0.837. The minimum Gasteiger partial charge on any atom is -0.478 e. The van der Waals surface area contributed by atoms with Gasteiger partial charge in [0.1, 0.15) is 0 Å². The zero-order chi connectivity index (χ0) is 10.4. The van der Waals surface area contributed by atoms with Crippen molar-refractivity contribution in [1.82, 2.24) is 4.90 Å². The highest BCUT2D eigenvalue weighted by Gasteiger charge is 2.16. The molecule has 1 aliphatic heterocycles. The SMILES string of the molecule is CCN1CCC(C/C=C\C(=O)O)CC1. The smallest absolute Gasteiger partial charge is 0.327 e. The van der Waals surface area contributed by atoms with Gasteiger partial charge in [-0.1, -0.05) is 13.0 Å². The first-order valence-electron chi connectivity index (χ1n) is 5.34. The molecule has 1 rings (SSSR count). The van der Waals surface area contributed by atoms with Crippen molar-refractivity contribution in [2.24, 2.45) is 5.92 Å². The molecule has 1 saturated heterocycles. The molecule has 0 atom stereocenters. The molecule has 0 amide bonds. The van der Waals surface area contributed by atoms with Gasteiger partial charge in [0.15, 0.2) is 0 Å². The molecule has 0 aliphatic carbocycles. The van der Waals surface area contributed by atoms with Crippen LogP contribution in [0.4, 0.5) is 0 Å². The van der Waals surface area contributed by atoms with Crippen molar-refractivity contribution in [2.45, 2.75) is 26.2 Å². The third kappa shape index (κ3) is 3.92. The maximum Gasteiger partial charge on any atom is 0.327 e. The molecule has 3 nitrogen and oxygen atoms in total. The van der Waals surface area contributed by atoms with E-state index in [-0.39, 0.29) is 0 Å². The fourth-order valence-corrected chi connectivity index (χ4v) is 1.90. The lowest BCUT2D eigenvalue weighted by atomic mass is 9.93. The first kappa shape index (κ1) is 11.2. The summed E-state index contributed by atoms with van der Waals surface area (Å²) in [5.74, 6) is -0.149. The first-order valence-corrected chi connectivity index (χ1v) is 5.34. The summed E-state index contributed by atoms with van der Waals surface area (Å²) in [5, 5.41) is 8.43. The van der Waals surface area contributed by atoms with Crippen molar-refractivity contribution in [3.05, 3.63) is 12.2 Å². The molecule has 80 valence electrons. The highest BCUT2D eigenvalue weighted by Crippen LogP contribution is 2.20. The molecule has 0 radical (unpaired) electrons. The largest absolute Gasteiger partial charge is 0.478 e. The van der Waals surface area contributed by atoms with Crippen LogP contribution in [-0.2, 0) is 4.79 Å². The molecule has 0 aromatic heterocycles. The Labute approximate surface area is 85.4 Å². The number of carboxylic acid groups (broad SMARTS) is 1. The molecule has 3 heteroatoms. The fraction of sp³-hybridized carbons (Fsp3) is 0.727. The summed E-state index contributed by atoms with van der Waals surface area (Å²) in [6.45, 7) is 5.66. The molecule has 0 saturated carbocycles. The van der Waals surface area contributed by atoms with Gasteiger partial charge in [0, 0.05) is 6.08 Å². The van der Waals surface area contributed by atoms with Gasteiger partial charge in [-0.05, 0) is 44.8 Å². The van der Waals surface area contributed by atoms with Crippen molar-refractivity contribution in [3.8, 4) is 0 Å². The van der Waals surface area contributed by atoms with Crippen LogP contribution in [0.2, 0.25) is 0 Å². The van der Waals surface area contributed by atoms with E-state index in [2.05, 4.69) is 11.8 Å². The van der Waals surface area contributed by atoms with Crippen LogP contribution in [0, 0.1) is 5.92 Å². The molecule has 0 aromatic carbocycles. The second-order valence-corrected chi connectivity index (χ2v) is 3.85. The Morgan fingerprint density at radius 3 is 2.64 bits per heavy atom. The van der Waals surface area contributed by atoms with Gasteiger partial charge >= 0.3 is 5.97 Å². The number of rotatable bonds is 4. The van der Waals surface area contributed by atoms with Crippen LogP contribution in [0.15, 0.2) is 12.2 Å². The maximum absolute atomic E-state index is 10.2. The van der Waals surface area contributed by atoms with E-state index in [4.69, 9.17) is 5.11 Å². The average Bonchev–Trinajstić information content (AvgIpc) is 2.18. The van der Waals surface area contributed by atoms with Crippen molar-refractivity contribution in [1.29, 1.82) is 0 Å². The monoisotopic (exact) mass is 197 g/mol. The molecule has 0 spiro atoms. The number of piperidine rings is 1. The summed E-state index contributed by atoms with van der Waals surface area (Å²) in [5.41, 5.74) is 0. The second kappa shape index (κ2) is 5.81. The number of allylic oxidation sites excluding steroid dienone is 1. The van der Waals surface area contributed by atoms with Gasteiger partial charge in [-0.15, -0.1) is 0 Å². The molecule has 1 N–H and O–H groups in total. The zero-order valence-corrected chi connectivity index (χ0v) is 8.78. The number of likely N-dealkylation sites (tertiary alicyclic amines) is 1. The number of hydrogen-bond donors (Lipinski definition) is 1. The molecule has 1 aliphatic rings. The Balaban J connectivity index is 2.19. The van der Waals surface area contributed by atoms with Crippen molar-refractivity contribution in [3.63, 3.8) is 0 Å². The van der Waals surface area contributed by atoms with E-state index in [1.54, 1.807) is 6.08 Å². The van der Waals surface area contributed by atoms with Crippen molar-refractivity contribution < 1.29 is 9.90 Å². The van der Waals surface area contributed by atoms with E-state index < -0.39 is 5.97 Å². The third-order valence-electron chi connectivity index (χ3n) is 2.88. The Hall–Kier alpha value is -0.830. The second-order valence-electron chi connectivity index (χ2n) is 3.85. The summed E-state index contributed by atoms with van der Waals surface area (Å²) in [6, 6.07) is 0. The predicted octanol–water partition coefficient (Wildman–Crippen LogP) is 1.75. The number of nitrogens with zero attached hydrogens (tertiary/aromatic N) is 1. The minimum absolute atomic E-state index is 0.688. The lowest BCUT2D eigenvalue weighted by molar-refractivity contribution is -0.131. The Bertz CT molecular complexity index is 205. The molecule has 1 heterocycles. The highest BCUT2D eigenvalue weighted by atomic mass is 16.4. The molecule has 0 aromatic rings. The number of carboxylic acids is 1. The average molecular weight is 197 g/mol. The van der Waals surface area contributed by atoms with Crippen molar-refractivity contribution in [2.75, 3.05) is 19.6 Å². The maximum atomic E-state index is 10.2. The summed E-state index contributed by atoms with van der Waals surface area (Å²) in [6.07, 6.45) is 6.38. The van der Waals surface area contributed by atoms with Gasteiger partial charge < -0.3 is 10.0 Å². The highest BCUT2D eigenvalue weighted by molar-refractivity contribution is 5.79. The van der Waals surface area contributed by atoms with Gasteiger partial charge in [-0.2, -0.15) is 0 Å². The van der Waals surface area contributed by atoms with Gasteiger partial charge in [0.2, 0.25) is 0 Å². The van der Waals surface area contributed by atoms with Crippen molar-refractivity contribution >= 4 is 5.97 Å². The predicted molar refractivity (Wildman–Crippen MR) is 56.2 cm³/mol. The van der Waals surface area contributed by atoms with E-state index in [1.807, 2.05) is 0 Å². The van der Waals surface area contributed by atoms with Crippen LogP contribution in [-0.4, -0.2) is 35.6 Å². The summed E-state index contributed by atoms with van der Waals surface area (Å²) in [7, 11) is 0. The molecular weight excluding hydrogens is 178 g/mol. The van der Waals surface area contributed by atoms with Gasteiger partial charge in [-0.3, -0.25) is 0 Å². The number of aliphatic carboxylic acids is 1. The van der Waals surface area contributed by atoms with Crippen LogP contribution < -0.4 is 0 Å². The molecular formula is C11H19NO2. The lowest BCUT2D eigenvalue weighted by Crippen LogP contribution is -2.33. The lowest BCUT2D eigenvalue weighted by Gasteiger charge is -2.30. The van der Waals surface area contributed by atoms with E-state index in [0.717, 1.165) is 13.0 Å². The van der Waals surface area contributed by atoms with Gasteiger partial charge in [-0.25, -0.2) is 4.79 Å². The standard InChI is InChI=1S/C11H19NO2/c1-2-12-8-6-10(7-9-12)4-3-5-11(13)14/h3,5,10H,2,4,6-9H2,1H3,(H,13,14)/b5-3-. The quantitative estimate of drug-likeness (QED) is 0.698. The van der Waals surface area contributed by atoms with Crippen LogP contribution in [0.3, 0.4) is 0 Å². The number of carbonyl (C=O) groups is 1. The van der Waals surface area contributed by atoms with Crippen LogP contribution in [0.25, 0.3) is 0 Å². The molecule has 0 unspecified atom stereocenters. The normalized spacial score (nSPS) is 20.4. The Morgan fingerprint density at radius 2 is 2.14 bits per heavy atom. The molecule has 0 bridgehead atoms. The summed E-state index contributed by atoms with van der Waals surface area (Å²) < 4.78 is 0. The van der Waals surface area contributed by atoms with Crippen LogP contribution in [0.5, 0.6) is 0 Å².